The molecule has 2 atom stereocenters. The predicted molar refractivity (Wildman–Crippen MR) is 66.6 cm³/mol. The number of carbonyl (C=O) groups is 1. The molecular formula is C11H14N2O4S. The van der Waals surface area contributed by atoms with Crippen molar-refractivity contribution in [3.8, 4) is 0 Å². The molecule has 0 radical (unpaired) electrons. The largest absolute Gasteiger partial charge is 0.392 e. The molecule has 98 valence electrons. The fourth-order valence-electron chi connectivity index (χ4n) is 1.92. The standard InChI is InChI=1S/C11H14N2O4S/c1-11(2)7(5-8(11)14)12-10(15)6-3-4-9(18-6)13(16)17/h3-4,7-8,14H,5H2,1-2H3,(H,12,15). The molecule has 18 heavy (non-hydrogen) atoms. The fourth-order valence-corrected chi connectivity index (χ4v) is 2.65. The molecule has 1 fully saturated rings. The number of amides is 1. The van der Waals surface area contributed by atoms with Gasteiger partial charge in [-0.1, -0.05) is 25.2 Å². The number of nitro groups is 1. The number of rotatable bonds is 3. The van der Waals surface area contributed by atoms with Crippen LogP contribution in [0.15, 0.2) is 12.1 Å². The maximum atomic E-state index is 11.9. The van der Waals surface area contributed by atoms with Crippen molar-refractivity contribution in [2.75, 3.05) is 0 Å². The Bertz CT molecular complexity index is 497. The van der Waals surface area contributed by atoms with E-state index >= 15 is 0 Å². The summed E-state index contributed by atoms with van der Waals surface area (Å²) in [6.07, 6.45) is 0.104. The van der Waals surface area contributed by atoms with Crippen LogP contribution in [0.5, 0.6) is 0 Å². The highest BCUT2D eigenvalue weighted by Crippen LogP contribution is 2.40. The quantitative estimate of drug-likeness (QED) is 0.643. The van der Waals surface area contributed by atoms with Gasteiger partial charge in [0.2, 0.25) is 0 Å². The molecule has 1 saturated carbocycles. The Morgan fingerprint density at radius 1 is 1.61 bits per heavy atom. The monoisotopic (exact) mass is 270 g/mol. The first kappa shape index (κ1) is 13.0. The van der Waals surface area contributed by atoms with Crippen LogP contribution in [0.3, 0.4) is 0 Å². The molecule has 1 heterocycles. The van der Waals surface area contributed by atoms with Crippen LogP contribution >= 0.6 is 11.3 Å². The number of nitrogens with zero attached hydrogens (tertiary/aromatic N) is 1. The van der Waals surface area contributed by atoms with Gasteiger partial charge in [0.05, 0.1) is 15.9 Å². The minimum atomic E-state index is -0.515. The SMILES string of the molecule is CC1(C)C(O)CC1NC(=O)c1ccc([N+](=O)[O-])s1. The highest BCUT2D eigenvalue weighted by Gasteiger charge is 2.48. The molecule has 2 N–H and O–H groups in total. The average molecular weight is 270 g/mol. The zero-order valence-corrected chi connectivity index (χ0v) is 10.9. The number of carbonyl (C=O) groups excluding carboxylic acids is 1. The third kappa shape index (κ3) is 2.11. The van der Waals surface area contributed by atoms with Gasteiger partial charge in [-0.15, -0.1) is 0 Å². The van der Waals surface area contributed by atoms with Crippen molar-refractivity contribution in [3.63, 3.8) is 0 Å². The van der Waals surface area contributed by atoms with Crippen LogP contribution in [0, 0.1) is 15.5 Å². The smallest absolute Gasteiger partial charge is 0.324 e. The van der Waals surface area contributed by atoms with Crippen LogP contribution in [0.1, 0.15) is 29.9 Å². The lowest BCUT2D eigenvalue weighted by Crippen LogP contribution is -2.61. The minimum absolute atomic E-state index is 0.0481. The van der Waals surface area contributed by atoms with Gasteiger partial charge in [0, 0.05) is 17.5 Å². The Hall–Kier alpha value is -1.47. The Labute approximate surface area is 108 Å². The Balaban J connectivity index is 2.02. The highest BCUT2D eigenvalue weighted by molar-refractivity contribution is 7.17. The molecular weight excluding hydrogens is 256 g/mol. The topological polar surface area (TPSA) is 92.5 Å². The van der Waals surface area contributed by atoms with Crippen molar-refractivity contribution in [1.29, 1.82) is 0 Å². The second-order valence-corrected chi connectivity index (χ2v) is 6.06. The van der Waals surface area contributed by atoms with Gasteiger partial charge in [0.25, 0.3) is 5.91 Å². The van der Waals surface area contributed by atoms with Crippen molar-refractivity contribution in [3.05, 3.63) is 27.1 Å². The lowest BCUT2D eigenvalue weighted by Gasteiger charge is -2.49. The van der Waals surface area contributed by atoms with Crippen LogP contribution in [0.2, 0.25) is 0 Å². The molecule has 0 aliphatic heterocycles. The Kier molecular flexibility index (Phi) is 3.12. The van der Waals surface area contributed by atoms with Crippen molar-refractivity contribution in [1.82, 2.24) is 5.32 Å². The van der Waals surface area contributed by atoms with E-state index in [9.17, 15) is 20.0 Å². The van der Waals surface area contributed by atoms with Gasteiger partial charge < -0.3 is 10.4 Å². The maximum Gasteiger partial charge on any atom is 0.324 e. The van der Waals surface area contributed by atoms with E-state index in [1.807, 2.05) is 13.8 Å². The summed E-state index contributed by atoms with van der Waals surface area (Å²) in [4.78, 5) is 22.2. The predicted octanol–water partition coefficient (Wildman–Crippen LogP) is 1.55. The summed E-state index contributed by atoms with van der Waals surface area (Å²) in [6.45, 7) is 3.76. The van der Waals surface area contributed by atoms with Crippen LogP contribution in [0.4, 0.5) is 5.00 Å². The third-order valence-electron chi connectivity index (χ3n) is 3.52. The molecule has 2 rings (SSSR count). The number of aliphatic hydroxyl groups is 1. The van der Waals surface area contributed by atoms with E-state index in [-0.39, 0.29) is 22.4 Å². The summed E-state index contributed by atoms with van der Waals surface area (Å²) in [5.74, 6) is -0.321. The number of hydrogen-bond donors (Lipinski definition) is 2. The Morgan fingerprint density at radius 3 is 2.72 bits per heavy atom. The average Bonchev–Trinajstić information content (AvgIpc) is 2.78. The molecule has 1 aromatic heterocycles. The molecule has 0 bridgehead atoms. The molecule has 7 heteroatoms. The van der Waals surface area contributed by atoms with E-state index in [0.717, 1.165) is 11.3 Å². The van der Waals surface area contributed by atoms with Crippen LogP contribution < -0.4 is 5.32 Å². The summed E-state index contributed by atoms with van der Waals surface area (Å²) in [7, 11) is 0. The van der Waals surface area contributed by atoms with Gasteiger partial charge in [0.15, 0.2) is 0 Å². The summed E-state index contributed by atoms with van der Waals surface area (Å²) < 4.78 is 0. The second-order valence-electron chi connectivity index (χ2n) is 4.99. The number of thiophene rings is 1. The summed E-state index contributed by atoms with van der Waals surface area (Å²) in [6, 6.07) is 2.67. The molecule has 0 aromatic carbocycles. The molecule has 2 unspecified atom stereocenters. The lowest BCUT2D eigenvalue weighted by atomic mass is 9.64. The van der Waals surface area contributed by atoms with Gasteiger partial charge in [-0.3, -0.25) is 14.9 Å². The van der Waals surface area contributed by atoms with Crippen molar-refractivity contribution < 1.29 is 14.8 Å². The summed E-state index contributed by atoms with van der Waals surface area (Å²) in [5, 5.41) is 22.8. The van der Waals surface area contributed by atoms with E-state index in [1.54, 1.807) is 0 Å². The second kappa shape index (κ2) is 4.33. The number of hydrogen-bond acceptors (Lipinski definition) is 5. The first-order valence-electron chi connectivity index (χ1n) is 5.55. The maximum absolute atomic E-state index is 11.9. The van der Waals surface area contributed by atoms with Crippen molar-refractivity contribution in [2.24, 2.45) is 5.41 Å². The first-order valence-corrected chi connectivity index (χ1v) is 6.37. The molecule has 1 aromatic rings. The minimum Gasteiger partial charge on any atom is -0.392 e. The van der Waals surface area contributed by atoms with E-state index in [4.69, 9.17) is 0 Å². The van der Waals surface area contributed by atoms with Crippen molar-refractivity contribution in [2.45, 2.75) is 32.4 Å². The van der Waals surface area contributed by atoms with Gasteiger partial charge in [-0.05, 0) is 12.5 Å². The van der Waals surface area contributed by atoms with E-state index in [1.165, 1.54) is 12.1 Å². The third-order valence-corrected chi connectivity index (χ3v) is 4.55. The molecule has 0 saturated heterocycles. The van der Waals surface area contributed by atoms with Crippen molar-refractivity contribution >= 4 is 22.2 Å². The van der Waals surface area contributed by atoms with Gasteiger partial charge in [-0.2, -0.15) is 0 Å². The number of nitrogens with one attached hydrogen (secondary N) is 1. The molecule has 1 aliphatic rings. The molecule has 0 spiro atoms. The van der Waals surface area contributed by atoms with E-state index in [0.29, 0.717) is 11.3 Å². The van der Waals surface area contributed by atoms with Crippen LogP contribution in [-0.4, -0.2) is 28.1 Å². The fraction of sp³-hybridized carbons (Fsp3) is 0.545. The molecule has 6 nitrogen and oxygen atoms in total. The molecule has 1 amide bonds. The summed E-state index contributed by atoms with van der Waals surface area (Å²) >= 11 is 0.853. The van der Waals surface area contributed by atoms with Crippen LogP contribution in [0.25, 0.3) is 0 Å². The van der Waals surface area contributed by atoms with E-state index in [2.05, 4.69) is 5.32 Å². The summed E-state index contributed by atoms with van der Waals surface area (Å²) in [5.41, 5.74) is -0.348. The zero-order chi connectivity index (χ0) is 13.5. The first-order chi connectivity index (χ1) is 8.32. The van der Waals surface area contributed by atoms with E-state index < -0.39 is 11.0 Å². The lowest BCUT2D eigenvalue weighted by molar-refractivity contribution is -0.380. The van der Waals surface area contributed by atoms with Gasteiger partial charge in [0.1, 0.15) is 0 Å². The normalized spacial score (nSPS) is 25.3. The molecule has 1 aliphatic carbocycles. The van der Waals surface area contributed by atoms with Gasteiger partial charge >= 0.3 is 5.00 Å². The van der Waals surface area contributed by atoms with Crippen LogP contribution in [-0.2, 0) is 0 Å². The number of aliphatic hydroxyl groups excluding tert-OH is 1. The van der Waals surface area contributed by atoms with Gasteiger partial charge in [-0.25, -0.2) is 0 Å². The Morgan fingerprint density at radius 2 is 2.28 bits per heavy atom. The highest BCUT2D eigenvalue weighted by atomic mass is 32.1. The zero-order valence-electron chi connectivity index (χ0n) is 10.0.